The van der Waals surface area contributed by atoms with E-state index in [1.54, 1.807) is 19.1 Å². The van der Waals surface area contributed by atoms with E-state index >= 15 is 0 Å². The highest BCUT2D eigenvalue weighted by molar-refractivity contribution is 5.49. The van der Waals surface area contributed by atoms with Gasteiger partial charge in [-0.15, -0.1) is 0 Å². The lowest BCUT2D eigenvalue weighted by atomic mass is 10.1. The number of nitrogens with zero attached hydrogens (tertiary/aromatic N) is 2. The summed E-state index contributed by atoms with van der Waals surface area (Å²) in [5.74, 6) is -0.317. The number of benzene rings is 1. The molecule has 1 N–H and O–H groups in total. The highest BCUT2D eigenvalue weighted by atomic mass is 19.1. The molecule has 0 aliphatic heterocycles. The first-order valence-corrected chi connectivity index (χ1v) is 7.16. The molecule has 0 fully saturated rings. The molecular weight excluding hydrogens is 267 g/mol. The highest BCUT2D eigenvalue weighted by Gasteiger charge is 2.13. The maximum atomic E-state index is 14.3. The van der Waals surface area contributed by atoms with Gasteiger partial charge in [0.2, 0.25) is 0 Å². The fraction of sp³-hybridized carbons (Fsp3) is 0.353. The molecule has 2 aromatic rings. The Morgan fingerprint density at radius 2 is 2.05 bits per heavy atom. The molecule has 1 unspecified atom stereocenters. The van der Waals surface area contributed by atoms with Gasteiger partial charge < -0.3 is 10.0 Å². The number of hydrogen-bond donors (Lipinski definition) is 1. The van der Waals surface area contributed by atoms with Gasteiger partial charge >= 0.3 is 0 Å². The minimum atomic E-state index is -0.665. The number of hydrogen-bond acceptors (Lipinski definition) is 3. The van der Waals surface area contributed by atoms with Crippen LogP contribution in [0.1, 0.15) is 36.9 Å². The SMILES string of the molecule is CCN(Cc1cccc(C)n1)c1ccc(C(C)O)cc1F. The van der Waals surface area contributed by atoms with E-state index in [2.05, 4.69) is 4.98 Å². The summed E-state index contributed by atoms with van der Waals surface area (Å²) in [5, 5.41) is 9.51. The second-order valence-corrected chi connectivity index (χ2v) is 5.17. The Labute approximate surface area is 125 Å². The van der Waals surface area contributed by atoms with E-state index in [1.165, 1.54) is 6.07 Å². The Morgan fingerprint density at radius 1 is 1.29 bits per heavy atom. The minimum Gasteiger partial charge on any atom is -0.389 e. The molecule has 3 nitrogen and oxygen atoms in total. The van der Waals surface area contributed by atoms with Crippen molar-refractivity contribution in [1.82, 2.24) is 4.98 Å². The van der Waals surface area contributed by atoms with Crippen molar-refractivity contribution in [3.8, 4) is 0 Å². The fourth-order valence-electron chi connectivity index (χ4n) is 2.29. The van der Waals surface area contributed by atoms with Crippen LogP contribution < -0.4 is 4.90 Å². The highest BCUT2D eigenvalue weighted by Crippen LogP contribution is 2.24. The molecule has 0 aliphatic rings. The molecule has 2 rings (SSSR count). The van der Waals surface area contributed by atoms with Crippen molar-refractivity contribution in [2.24, 2.45) is 0 Å². The summed E-state index contributed by atoms with van der Waals surface area (Å²) in [6.07, 6.45) is -0.665. The first kappa shape index (κ1) is 15.4. The molecule has 4 heteroatoms. The van der Waals surface area contributed by atoms with Crippen LogP contribution in [0.5, 0.6) is 0 Å². The van der Waals surface area contributed by atoms with Crippen molar-refractivity contribution in [3.63, 3.8) is 0 Å². The monoisotopic (exact) mass is 288 g/mol. The van der Waals surface area contributed by atoms with Crippen LogP contribution in [-0.4, -0.2) is 16.6 Å². The lowest BCUT2D eigenvalue weighted by Gasteiger charge is -2.24. The number of aromatic nitrogens is 1. The number of pyridine rings is 1. The van der Waals surface area contributed by atoms with Gasteiger partial charge in [0.25, 0.3) is 0 Å². The van der Waals surface area contributed by atoms with Crippen LogP contribution in [0.15, 0.2) is 36.4 Å². The lowest BCUT2D eigenvalue weighted by molar-refractivity contribution is 0.199. The molecule has 1 aromatic carbocycles. The van der Waals surface area contributed by atoms with E-state index in [1.807, 2.05) is 36.9 Å². The van der Waals surface area contributed by atoms with Gasteiger partial charge in [-0.25, -0.2) is 4.39 Å². The largest absolute Gasteiger partial charge is 0.389 e. The number of rotatable bonds is 5. The number of aliphatic hydroxyl groups is 1. The molecule has 0 amide bonds. The van der Waals surface area contributed by atoms with Gasteiger partial charge in [0.1, 0.15) is 5.82 Å². The molecule has 0 spiro atoms. The van der Waals surface area contributed by atoms with Gasteiger partial charge in [0.05, 0.1) is 24.0 Å². The summed E-state index contributed by atoms with van der Waals surface area (Å²) >= 11 is 0. The predicted octanol–water partition coefficient (Wildman–Crippen LogP) is 3.61. The van der Waals surface area contributed by atoms with E-state index in [0.717, 1.165) is 11.4 Å². The third kappa shape index (κ3) is 3.79. The fourth-order valence-corrected chi connectivity index (χ4v) is 2.29. The standard InChI is InChI=1S/C17H21FN2O/c1-4-20(11-15-7-5-6-12(2)19-15)17-9-8-14(13(3)21)10-16(17)18/h5-10,13,21H,4,11H2,1-3H3. The van der Waals surface area contributed by atoms with E-state index < -0.39 is 6.10 Å². The molecular formula is C17H21FN2O. The Kier molecular flexibility index (Phi) is 4.91. The molecule has 0 bridgehead atoms. The van der Waals surface area contributed by atoms with Gasteiger partial charge in [0.15, 0.2) is 0 Å². The summed E-state index contributed by atoms with van der Waals surface area (Å²) in [7, 11) is 0. The van der Waals surface area contributed by atoms with Crippen LogP contribution in [0.3, 0.4) is 0 Å². The first-order chi connectivity index (χ1) is 10.0. The van der Waals surface area contributed by atoms with Crippen molar-refractivity contribution < 1.29 is 9.50 Å². The Hall–Kier alpha value is -1.94. The third-order valence-corrected chi connectivity index (χ3v) is 3.48. The number of anilines is 1. The second kappa shape index (κ2) is 6.68. The third-order valence-electron chi connectivity index (χ3n) is 3.48. The van der Waals surface area contributed by atoms with E-state index in [9.17, 15) is 9.50 Å². The summed E-state index contributed by atoms with van der Waals surface area (Å²) < 4.78 is 14.3. The van der Waals surface area contributed by atoms with Gasteiger partial charge in [0, 0.05) is 12.2 Å². The molecule has 0 aliphatic carbocycles. The average Bonchev–Trinajstić information content (AvgIpc) is 2.45. The lowest BCUT2D eigenvalue weighted by Crippen LogP contribution is -2.24. The number of aliphatic hydroxyl groups excluding tert-OH is 1. The van der Waals surface area contributed by atoms with Crippen LogP contribution in [0.4, 0.5) is 10.1 Å². The minimum absolute atomic E-state index is 0.317. The van der Waals surface area contributed by atoms with Crippen LogP contribution in [-0.2, 0) is 6.54 Å². The molecule has 21 heavy (non-hydrogen) atoms. The summed E-state index contributed by atoms with van der Waals surface area (Å²) in [5.41, 5.74) is 2.98. The molecule has 1 atom stereocenters. The summed E-state index contributed by atoms with van der Waals surface area (Å²) in [4.78, 5) is 6.39. The van der Waals surface area contributed by atoms with Crippen molar-refractivity contribution in [2.75, 3.05) is 11.4 Å². The maximum Gasteiger partial charge on any atom is 0.146 e. The zero-order valence-corrected chi connectivity index (χ0v) is 12.7. The zero-order chi connectivity index (χ0) is 15.4. The van der Waals surface area contributed by atoms with E-state index in [-0.39, 0.29) is 5.82 Å². The molecule has 0 saturated heterocycles. The van der Waals surface area contributed by atoms with Crippen LogP contribution in [0, 0.1) is 12.7 Å². The number of aryl methyl sites for hydroxylation is 1. The number of halogens is 1. The van der Waals surface area contributed by atoms with Gasteiger partial charge in [-0.05, 0) is 50.6 Å². The molecule has 0 radical (unpaired) electrons. The molecule has 112 valence electrons. The Balaban J connectivity index is 2.25. The normalized spacial score (nSPS) is 12.2. The maximum absolute atomic E-state index is 14.3. The zero-order valence-electron chi connectivity index (χ0n) is 12.7. The summed E-state index contributed by atoms with van der Waals surface area (Å²) in [6.45, 7) is 6.79. The van der Waals surface area contributed by atoms with Crippen molar-refractivity contribution >= 4 is 5.69 Å². The Bertz CT molecular complexity index is 613. The van der Waals surface area contributed by atoms with E-state index in [0.29, 0.717) is 24.3 Å². The predicted molar refractivity (Wildman–Crippen MR) is 82.7 cm³/mol. The van der Waals surface area contributed by atoms with Crippen LogP contribution in [0.25, 0.3) is 0 Å². The topological polar surface area (TPSA) is 36.4 Å². The average molecular weight is 288 g/mol. The molecule has 0 saturated carbocycles. The van der Waals surface area contributed by atoms with Gasteiger partial charge in [-0.1, -0.05) is 12.1 Å². The molecule has 1 aromatic heterocycles. The first-order valence-electron chi connectivity index (χ1n) is 7.16. The smallest absolute Gasteiger partial charge is 0.146 e. The van der Waals surface area contributed by atoms with Gasteiger partial charge in [-0.2, -0.15) is 0 Å². The van der Waals surface area contributed by atoms with Crippen molar-refractivity contribution in [3.05, 3.63) is 59.2 Å². The van der Waals surface area contributed by atoms with Crippen LogP contribution >= 0.6 is 0 Å². The summed E-state index contributed by atoms with van der Waals surface area (Å²) in [6, 6.07) is 10.7. The van der Waals surface area contributed by atoms with Gasteiger partial charge in [-0.3, -0.25) is 4.98 Å². The second-order valence-electron chi connectivity index (χ2n) is 5.17. The van der Waals surface area contributed by atoms with Crippen molar-refractivity contribution in [1.29, 1.82) is 0 Å². The van der Waals surface area contributed by atoms with Crippen molar-refractivity contribution in [2.45, 2.75) is 33.4 Å². The van der Waals surface area contributed by atoms with Crippen LogP contribution in [0.2, 0.25) is 0 Å². The quantitative estimate of drug-likeness (QED) is 0.913. The Morgan fingerprint density at radius 3 is 2.62 bits per heavy atom. The molecule has 1 heterocycles. The van der Waals surface area contributed by atoms with E-state index in [4.69, 9.17) is 0 Å².